The minimum atomic E-state index is -0.360. The fourth-order valence-corrected chi connectivity index (χ4v) is 3.87. The lowest BCUT2D eigenvalue weighted by Gasteiger charge is -2.28. The third-order valence-electron chi connectivity index (χ3n) is 5.33. The Labute approximate surface area is 164 Å². The number of ether oxygens (including phenoxy) is 4. The summed E-state index contributed by atoms with van der Waals surface area (Å²) in [6.45, 7) is 0.300. The van der Waals surface area contributed by atoms with E-state index in [9.17, 15) is 15.3 Å². The average Bonchev–Trinajstić information content (AvgIpc) is 3.13. The predicted molar refractivity (Wildman–Crippen MR) is 102 cm³/mol. The van der Waals surface area contributed by atoms with Gasteiger partial charge in [-0.3, -0.25) is 0 Å². The highest BCUT2D eigenvalue weighted by Crippen LogP contribution is 2.46. The van der Waals surface area contributed by atoms with E-state index < -0.39 is 0 Å². The lowest BCUT2D eigenvalue weighted by molar-refractivity contribution is 0.0242. The Morgan fingerprint density at radius 2 is 1.64 bits per heavy atom. The molecule has 3 N–H and O–H groups in total. The van der Waals surface area contributed by atoms with Crippen molar-refractivity contribution in [3.63, 3.8) is 0 Å². The van der Waals surface area contributed by atoms with Gasteiger partial charge in [0.2, 0.25) is 0 Å². The smallest absolute Gasteiger partial charge is 0.160 e. The number of phenols is 2. The second-order valence-corrected chi connectivity index (χ2v) is 6.78. The van der Waals surface area contributed by atoms with Crippen molar-refractivity contribution >= 4 is 0 Å². The number of methoxy groups -OCH3 is 3. The van der Waals surface area contributed by atoms with Crippen LogP contribution in [0.1, 0.15) is 23.3 Å². The molecule has 0 spiro atoms. The molecule has 0 radical (unpaired) electrons. The van der Waals surface area contributed by atoms with Crippen molar-refractivity contribution in [3.05, 3.63) is 47.5 Å². The highest BCUT2D eigenvalue weighted by molar-refractivity contribution is 5.44. The number of hydrogen-bond donors (Lipinski definition) is 3. The van der Waals surface area contributed by atoms with Crippen LogP contribution in [0.2, 0.25) is 0 Å². The van der Waals surface area contributed by atoms with Gasteiger partial charge < -0.3 is 34.3 Å². The zero-order valence-corrected chi connectivity index (χ0v) is 16.2. The van der Waals surface area contributed by atoms with Gasteiger partial charge in [0.05, 0.1) is 33.0 Å². The number of aliphatic hydroxyl groups is 1. The third-order valence-corrected chi connectivity index (χ3v) is 5.33. The van der Waals surface area contributed by atoms with Gasteiger partial charge in [0, 0.05) is 25.6 Å². The molecule has 3 rings (SSSR count). The van der Waals surface area contributed by atoms with E-state index in [1.54, 1.807) is 43.5 Å². The summed E-state index contributed by atoms with van der Waals surface area (Å²) < 4.78 is 22.2. The molecule has 0 saturated carbocycles. The Morgan fingerprint density at radius 1 is 1.00 bits per heavy atom. The molecule has 0 aliphatic carbocycles. The summed E-state index contributed by atoms with van der Waals surface area (Å²) in [6.07, 6.45) is -0.711. The first-order valence-corrected chi connectivity index (χ1v) is 9.03. The van der Waals surface area contributed by atoms with E-state index in [2.05, 4.69) is 0 Å². The maximum absolute atomic E-state index is 10.1. The van der Waals surface area contributed by atoms with E-state index in [0.29, 0.717) is 18.1 Å². The molecule has 1 aliphatic heterocycles. The van der Waals surface area contributed by atoms with Crippen molar-refractivity contribution in [1.29, 1.82) is 0 Å². The van der Waals surface area contributed by atoms with Crippen LogP contribution in [0.25, 0.3) is 0 Å². The van der Waals surface area contributed by atoms with E-state index in [-0.39, 0.29) is 42.1 Å². The number of aromatic hydroxyl groups is 2. The fraction of sp³-hybridized carbons (Fsp3) is 0.429. The number of benzene rings is 2. The minimum absolute atomic E-state index is 0.0484. The Balaban J connectivity index is 1.90. The Morgan fingerprint density at radius 3 is 2.25 bits per heavy atom. The molecule has 1 saturated heterocycles. The van der Waals surface area contributed by atoms with Gasteiger partial charge in [-0.2, -0.15) is 0 Å². The lowest BCUT2D eigenvalue weighted by atomic mass is 9.82. The molecule has 0 amide bonds. The van der Waals surface area contributed by atoms with Gasteiger partial charge in [-0.05, 0) is 35.4 Å². The van der Waals surface area contributed by atoms with E-state index in [0.717, 1.165) is 11.1 Å². The van der Waals surface area contributed by atoms with Crippen LogP contribution in [0, 0.1) is 11.8 Å². The van der Waals surface area contributed by atoms with Crippen molar-refractivity contribution in [3.8, 4) is 23.0 Å². The Hall–Kier alpha value is -2.48. The van der Waals surface area contributed by atoms with E-state index in [1.807, 2.05) is 0 Å². The highest BCUT2D eigenvalue weighted by atomic mass is 16.5. The summed E-state index contributed by atoms with van der Waals surface area (Å²) >= 11 is 0. The maximum atomic E-state index is 10.1. The van der Waals surface area contributed by atoms with Crippen LogP contribution in [0.3, 0.4) is 0 Å². The first kappa shape index (κ1) is 20.3. The first-order valence-electron chi connectivity index (χ1n) is 9.03. The molecule has 7 nitrogen and oxygen atoms in total. The average molecular weight is 390 g/mol. The van der Waals surface area contributed by atoms with Crippen molar-refractivity contribution in [2.75, 3.05) is 34.5 Å². The predicted octanol–water partition coefficient (Wildman–Crippen LogP) is 2.80. The van der Waals surface area contributed by atoms with E-state index in [4.69, 9.17) is 18.9 Å². The summed E-state index contributed by atoms with van der Waals surface area (Å²) in [4.78, 5) is 0. The quantitative estimate of drug-likeness (QED) is 0.669. The molecular weight excluding hydrogens is 364 g/mol. The molecule has 28 heavy (non-hydrogen) atoms. The molecule has 2 aromatic carbocycles. The van der Waals surface area contributed by atoms with Crippen LogP contribution < -0.4 is 9.47 Å². The Bertz CT molecular complexity index is 807. The summed E-state index contributed by atoms with van der Waals surface area (Å²) in [5, 5.41) is 29.8. The molecule has 0 aromatic heterocycles. The summed E-state index contributed by atoms with van der Waals surface area (Å²) in [5.74, 6) is 0.475. The molecule has 1 aliphatic rings. The topological polar surface area (TPSA) is 97.6 Å². The second kappa shape index (κ2) is 8.68. The molecule has 7 heteroatoms. The molecule has 2 aromatic rings. The third kappa shape index (κ3) is 3.73. The maximum Gasteiger partial charge on any atom is 0.160 e. The fourth-order valence-electron chi connectivity index (χ4n) is 3.87. The molecule has 0 bridgehead atoms. The highest BCUT2D eigenvalue weighted by Gasteiger charge is 2.43. The molecule has 4 atom stereocenters. The van der Waals surface area contributed by atoms with Crippen LogP contribution in [0.15, 0.2) is 36.4 Å². The summed E-state index contributed by atoms with van der Waals surface area (Å²) in [5.41, 5.74) is 1.64. The van der Waals surface area contributed by atoms with Gasteiger partial charge in [-0.25, -0.2) is 0 Å². The van der Waals surface area contributed by atoms with Crippen LogP contribution in [0.4, 0.5) is 0 Å². The van der Waals surface area contributed by atoms with Crippen LogP contribution in [0.5, 0.6) is 23.0 Å². The van der Waals surface area contributed by atoms with Crippen molar-refractivity contribution in [2.24, 2.45) is 11.8 Å². The van der Waals surface area contributed by atoms with Gasteiger partial charge in [0.1, 0.15) is 0 Å². The number of hydrogen-bond acceptors (Lipinski definition) is 7. The minimum Gasteiger partial charge on any atom is -0.504 e. The van der Waals surface area contributed by atoms with Crippen molar-refractivity contribution in [1.82, 2.24) is 0 Å². The summed E-state index contributed by atoms with van der Waals surface area (Å²) in [6, 6.07) is 10.1. The van der Waals surface area contributed by atoms with Crippen LogP contribution in [-0.4, -0.2) is 49.9 Å². The SMILES string of the molecule is COc1cc(C(OC)[C@@H]2CO[C@H](c3ccc(O)c(OC)c3)[C@H]2CO)ccc1O. The molecule has 1 fully saturated rings. The van der Waals surface area contributed by atoms with E-state index >= 15 is 0 Å². The Kier molecular flexibility index (Phi) is 6.28. The van der Waals surface area contributed by atoms with Crippen molar-refractivity contribution in [2.45, 2.75) is 12.2 Å². The van der Waals surface area contributed by atoms with Crippen LogP contribution in [-0.2, 0) is 9.47 Å². The molecule has 1 heterocycles. The largest absolute Gasteiger partial charge is 0.504 e. The molecular formula is C21H26O7. The normalized spacial score (nSPS) is 22.8. The van der Waals surface area contributed by atoms with Gasteiger partial charge in [0.15, 0.2) is 23.0 Å². The second-order valence-electron chi connectivity index (χ2n) is 6.78. The first-order chi connectivity index (χ1) is 13.5. The van der Waals surface area contributed by atoms with E-state index in [1.165, 1.54) is 14.2 Å². The zero-order valence-electron chi connectivity index (χ0n) is 16.2. The van der Waals surface area contributed by atoms with Gasteiger partial charge in [0.25, 0.3) is 0 Å². The van der Waals surface area contributed by atoms with Gasteiger partial charge >= 0.3 is 0 Å². The number of aliphatic hydroxyl groups excluding tert-OH is 1. The summed E-state index contributed by atoms with van der Waals surface area (Å²) in [7, 11) is 4.58. The number of rotatable bonds is 7. The van der Waals surface area contributed by atoms with Gasteiger partial charge in [-0.1, -0.05) is 12.1 Å². The monoisotopic (exact) mass is 390 g/mol. The lowest BCUT2D eigenvalue weighted by Crippen LogP contribution is -2.26. The molecule has 1 unspecified atom stereocenters. The standard InChI is InChI=1S/C21H26O7/c1-25-18-8-12(4-6-16(18)23)20(27-3)15-11-28-21(14(15)10-22)13-5-7-17(24)19(9-13)26-2/h4-9,14-15,20-24H,10-11H2,1-3H3/t14-,15+,20?,21+/m0/s1. The van der Waals surface area contributed by atoms with Gasteiger partial charge in [-0.15, -0.1) is 0 Å². The zero-order chi connectivity index (χ0) is 20.3. The number of phenolic OH excluding ortho intramolecular Hbond substituents is 2. The van der Waals surface area contributed by atoms with Crippen LogP contribution >= 0.6 is 0 Å². The van der Waals surface area contributed by atoms with Crippen molar-refractivity contribution < 1.29 is 34.3 Å². The molecule has 152 valence electrons.